The van der Waals surface area contributed by atoms with E-state index in [4.69, 9.17) is 47.2 Å². The summed E-state index contributed by atoms with van der Waals surface area (Å²) in [6.45, 7) is 0. The first-order valence-electron chi connectivity index (χ1n) is 9.60. The molecular weight excluding hydrogens is 627 g/mol. The quantitative estimate of drug-likeness (QED) is 0.145. The van der Waals surface area contributed by atoms with Gasteiger partial charge >= 0.3 is 8.68 Å². The first-order valence-corrected chi connectivity index (χ1v) is 16.1. The van der Waals surface area contributed by atoms with Crippen LogP contribution in [0.4, 0.5) is 0 Å². The Morgan fingerprint density at radius 2 is 0.895 bits per heavy atom. The van der Waals surface area contributed by atoms with Gasteiger partial charge in [0.1, 0.15) is 11.4 Å². The van der Waals surface area contributed by atoms with Crippen molar-refractivity contribution in [2.45, 2.75) is 8.68 Å². The Bertz CT molecular complexity index is 1240. The molecule has 0 N–H and O–H groups in total. The van der Waals surface area contributed by atoms with Crippen molar-refractivity contribution in [1.29, 1.82) is 0 Å². The Morgan fingerprint density at radius 1 is 0.605 bits per heavy atom. The Kier molecular flexibility index (Phi) is 12.1. The number of hydrogen-bond acceptors (Lipinski definition) is 16. The van der Waals surface area contributed by atoms with Crippen LogP contribution in [-0.4, -0.2) is 32.7 Å². The third-order valence-electron chi connectivity index (χ3n) is 3.93. The van der Waals surface area contributed by atoms with E-state index < -0.39 is 20.5 Å². The topological polar surface area (TPSA) is 244 Å². The molecule has 206 valence electrons. The van der Waals surface area contributed by atoms with Crippen molar-refractivity contribution >= 4 is 46.2 Å². The van der Waals surface area contributed by atoms with Crippen molar-refractivity contribution in [2.75, 3.05) is 12.5 Å². The van der Waals surface area contributed by atoms with Crippen molar-refractivity contribution < 1.29 is 67.1 Å². The standard InChI is InChI=1S/C18H18N6S4.2ClHO4/c1-23-17(25-3)27-15(21-23)13-9-5-7-11(19-13)12-8-6-10-14(20-12)16-22-24(2)18(26-4)28-16;2*2-1(3,4)5/h5-10H,1-4H3;2*(H,2,3,4,5)/q+2;;/p-2. The number of nitrogens with zero attached hydrogens (tertiary/aromatic N) is 6. The highest BCUT2D eigenvalue weighted by Gasteiger charge is 2.20. The maximum absolute atomic E-state index is 8.49. The van der Waals surface area contributed by atoms with Gasteiger partial charge in [-0.3, -0.25) is 0 Å². The van der Waals surface area contributed by atoms with Crippen LogP contribution in [0.25, 0.3) is 32.8 Å². The monoisotopic (exact) mass is 644 g/mol. The second-order valence-electron chi connectivity index (χ2n) is 6.57. The van der Waals surface area contributed by atoms with Crippen molar-refractivity contribution in [3.63, 3.8) is 0 Å². The van der Waals surface area contributed by atoms with Gasteiger partial charge in [-0.05, 0) is 83.0 Å². The predicted octanol–water partition coefficient (Wildman–Crippen LogP) is -6.03. The van der Waals surface area contributed by atoms with E-state index in [1.807, 2.05) is 59.9 Å². The Morgan fingerprint density at radius 3 is 1.16 bits per heavy atom. The molecule has 0 aromatic carbocycles. The summed E-state index contributed by atoms with van der Waals surface area (Å²) >= 11 is 6.65. The van der Waals surface area contributed by atoms with E-state index in [-0.39, 0.29) is 0 Å². The lowest BCUT2D eigenvalue weighted by Crippen LogP contribution is -2.68. The highest BCUT2D eigenvalue weighted by molar-refractivity contribution is 8.00. The molecule has 20 heteroatoms. The van der Waals surface area contributed by atoms with Crippen molar-refractivity contribution in [3.8, 4) is 32.8 Å². The third-order valence-corrected chi connectivity index (χ3v) is 8.50. The molecule has 0 aliphatic rings. The van der Waals surface area contributed by atoms with E-state index in [0.29, 0.717) is 0 Å². The average Bonchev–Trinajstić information content (AvgIpc) is 3.39. The van der Waals surface area contributed by atoms with Crippen LogP contribution in [0.1, 0.15) is 0 Å². The van der Waals surface area contributed by atoms with Gasteiger partial charge in [-0.25, -0.2) is 47.2 Å². The van der Waals surface area contributed by atoms with Gasteiger partial charge < -0.3 is 0 Å². The van der Waals surface area contributed by atoms with Gasteiger partial charge in [0, 0.05) is 10.2 Å². The normalized spacial score (nSPS) is 11.4. The molecule has 38 heavy (non-hydrogen) atoms. The number of thioether (sulfide) groups is 2. The van der Waals surface area contributed by atoms with Crippen LogP contribution in [0, 0.1) is 20.5 Å². The van der Waals surface area contributed by atoms with E-state index >= 15 is 0 Å². The van der Waals surface area contributed by atoms with Gasteiger partial charge in [0.05, 0.1) is 11.4 Å². The zero-order valence-corrected chi connectivity index (χ0v) is 24.6. The van der Waals surface area contributed by atoms with Crippen LogP contribution >= 0.6 is 46.2 Å². The summed E-state index contributed by atoms with van der Waals surface area (Å²) in [6, 6.07) is 11.9. The highest BCUT2D eigenvalue weighted by Crippen LogP contribution is 2.29. The molecule has 0 atom stereocenters. The van der Waals surface area contributed by atoms with Crippen LogP contribution in [0.2, 0.25) is 0 Å². The number of aryl methyl sites for hydroxylation is 2. The maximum atomic E-state index is 8.49. The van der Waals surface area contributed by atoms with Crippen LogP contribution in [0.3, 0.4) is 0 Å². The van der Waals surface area contributed by atoms with Gasteiger partial charge in [0.2, 0.25) is 10.0 Å². The first kappa shape index (κ1) is 32.6. The van der Waals surface area contributed by atoms with E-state index in [1.54, 1.807) is 46.2 Å². The minimum absolute atomic E-state index is 0.828. The molecule has 4 aromatic rings. The smallest absolute Gasteiger partial charge is 0.243 e. The summed E-state index contributed by atoms with van der Waals surface area (Å²) in [6.07, 6.45) is 4.11. The van der Waals surface area contributed by atoms with Crippen molar-refractivity contribution in [2.24, 2.45) is 14.1 Å². The molecule has 0 fully saturated rings. The summed E-state index contributed by atoms with van der Waals surface area (Å²) in [7, 11) is -5.98. The average molecular weight is 646 g/mol. The molecule has 0 aliphatic carbocycles. The van der Waals surface area contributed by atoms with Crippen LogP contribution in [0.15, 0.2) is 45.1 Å². The molecular formula is C18H18Cl2N6O8S4. The van der Waals surface area contributed by atoms with Crippen LogP contribution < -0.4 is 46.6 Å². The Hall–Kier alpha value is -1.62. The summed E-state index contributed by atoms with van der Waals surface area (Å²) in [5.74, 6) is 0. The molecule has 0 saturated carbocycles. The zero-order chi connectivity index (χ0) is 28.7. The van der Waals surface area contributed by atoms with E-state index in [0.717, 1.165) is 41.5 Å². The van der Waals surface area contributed by atoms with Gasteiger partial charge in [-0.2, -0.15) is 0 Å². The zero-order valence-electron chi connectivity index (χ0n) is 19.8. The lowest BCUT2D eigenvalue weighted by Gasteiger charge is -2.17. The number of hydrogen-bond donors (Lipinski definition) is 0. The third kappa shape index (κ3) is 11.2. The van der Waals surface area contributed by atoms with Gasteiger partial charge in [0.25, 0.3) is 0 Å². The fourth-order valence-electron chi connectivity index (χ4n) is 2.64. The Balaban J connectivity index is 0.000000435. The molecule has 0 amide bonds. The molecule has 0 unspecified atom stereocenters. The molecule has 0 spiro atoms. The minimum atomic E-state index is -4.94. The van der Waals surface area contributed by atoms with E-state index in [1.165, 1.54) is 0 Å². The largest absolute Gasteiger partial charge is 0.324 e. The van der Waals surface area contributed by atoms with Crippen molar-refractivity contribution in [1.82, 2.24) is 20.2 Å². The molecule has 0 aliphatic heterocycles. The summed E-state index contributed by atoms with van der Waals surface area (Å²) in [5, 5.41) is 11.0. The molecule has 4 aromatic heterocycles. The fourth-order valence-corrected chi connectivity index (χ4v) is 5.83. The second-order valence-corrected chi connectivity index (χ2v) is 12.1. The maximum Gasteiger partial charge on any atom is 0.324 e. The van der Waals surface area contributed by atoms with Crippen LogP contribution in [-0.2, 0) is 14.1 Å². The number of pyridine rings is 2. The summed E-state index contributed by atoms with van der Waals surface area (Å²) in [4.78, 5) is 9.62. The van der Waals surface area contributed by atoms with Crippen LogP contribution in [0.5, 0.6) is 0 Å². The first-order chi connectivity index (χ1) is 17.6. The van der Waals surface area contributed by atoms with Gasteiger partial charge in [-0.1, -0.05) is 21.5 Å². The second kappa shape index (κ2) is 14.1. The SMILES string of the molecule is CSc1sc(-c2cccc(-c3cccc(-c4n[n+](C)c(SC)s4)n3)n2)n[n+]1C.[O-][Cl+3]([O-])([O-])[O-].[O-][Cl+3]([O-])([O-])[O-]. The summed E-state index contributed by atoms with van der Waals surface area (Å²) in [5.41, 5.74) is 3.37. The lowest BCUT2D eigenvalue weighted by atomic mass is 10.2. The molecule has 14 nitrogen and oxygen atoms in total. The Labute approximate surface area is 237 Å². The van der Waals surface area contributed by atoms with E-state index in [9.17, 15) is 0 Å². The van der Waals surface area contributed by atoms with Gasteiger partial charge in [-0.15, -0.1) is 20.5 Å². The highest BCUT2D eigenvalue weighted by atomic mass is 35.7. The number of aromatic nitrogens is 6. The summed E-state index contributed by atoms with van der Waals surface area (Å²) < 4.78 is 74.0. The molecule has 4 heterocycles. The molecule has 0 bridgehead atoms. The number of halogens is 2. The fraction of sp³-hybridized carbons (Fsp3) is 0.222. The molecule has 0 radical (unpaired) electrons. The number of rotatable bonds is 5. The van der Waals surface area contributed by atoms with E-state index in [2.05, 4.69) is 22.7 Å². The predicted molar refractivity (Wildman–Crippen MR) is 116 cm³/mol. The minimum Gasteiger partial charge on any atom is -0.243 e. The lowest BCUT2D eigenvalue weighted by molar-refractivity contribution is -2.00. The molecule has 4 rings (SSSR count). The molecule has 0 saturated heterocycles. The van der Waals surface area contributed by atoms with Crippen molar-refractivity contribution in [3.05, 3.63) is 36.4 Å². The van der Waals surface area contributed by atoms with Gasteiger partial charge in [0.15, 0.2) is 14.1 Å².